The fourth-order valence-corrected chi connectivity index (χ4v) is 2.14. The third-order valence-electron chi connectivity index (χ3n) is 3.36. The van der Waals surface area contributed by atoms with Gasteiger partial charge in [0.25, 0.3) is 11.8 Å². The number of aromatic nitrogens is 3. The van der Waals surface area contributed by atoms with Crippen molar-refractivity contribution in [1.82, 2.24) is 20.4 Å². The van der Waals surface area contributed by atoms with Gasteiger partial charge in [-0.2, -0.15) is 4.98 Å². The fourth-order valence-electron chi connectivity index (χ4n) is 2.14. The summed E-state index contributed by atoms with van der Waals surface area (Å²) in [6.07, 6.45) is 3.12. The molecule has 3 rings (SSSR count). The number of nitrogens with zero attached hydrogens (tertiary/aromatic N) is 3. The minimum Gasteiger partial charge on any atom is -0.481 e. The number of aliphatic carboxylic acids is 1. The number of carboxylic acids is 1. The Labute approximate surface area is 142 Å². The van der Waals surface area contributed by atoms with E-state index in [4.69, 9.17) is 9.63 Å². The molecule has 3 aromatic rings. The molecule has 0 radical (unpaired) electrons. The van der Waals surface area contributed by atoms with E-state index < -0.39 is 5.97 Å². The van der Waals surface area contributed by atoms with E-state index >= 15 is 0 Å². The van der Waals surface area contributed by atoms with Gasteiger partial charge in [0.15, 0.2) is 0 Å². The van der Waals surface area contributed by atoms with Crippen LogP contribution >= 0.6 is 0 Å². The van der Waals surface area contributed by atoms with E-state index in [-0.39, 0.29) is 18.9 Å². The van der Waals surface area contributed by atoms with E-state index in [0.717, 1.165) is 5.56 Å². The number of carboxylic acid groups (broad SMARTS) is 1. The molecule has 0 saturated carbocycles. The van der Waals surface area contributed by atoms with Crippen molar-refractivity contribution in [2.45, 2.75) is 6.42 Å². The van der Waals surface area contributed by atoms with Gasteiger partial charge >= 0.3 is 5.97 Å². The van der Waals surface area contributed by atoms with Crippen LogP contribution in [0.3, 0.4) is 0 Å². The number of pyridine rings is 1. The van der Waals surface area contributed by atoms with Crippen molar-refractivity contribution in [3.63, 3.8) is 0 Å². The molecule has 2 aromatic heterocycles. The molecular weight excluding hydrogens is 324 g/mol. The molecule has 0 aliphatic heterocycles. The molecule has 8 heteroatoms. The largest absolute Gasteiger partial charge is 0.481 e. The van der Waals surface area contributed by atoms with Gasteiger partial charge in [0.2, 0.25) is 5.82 Å². The number of carbonyl (C=O) groups is 2. The van der Waals surface area contributed by atoms with Crippen LogP contribution in [0.5, 0.6) is 0 Å². The molecule has 25 heavy (non-hydrogen) atoms. The summed E-state index contributed by atoms with van der Waals surface area (Å²) < 4.78 is 5.24. The monoisotopic (exact) mass is 338 g/mol. The SMILES string of the molecule is O=C(O)CCNC(=O)c1cccc(-c2noc(-c3ccncc3)n2)c1. The summed E-state index contributed by atoms with van der Waals surface area (Å²) >= 11 is 0. The lowest BCUT2D eigenvalue weighted by molar-refractivity contribution is -0.136. The Morgan fingerprint density at radius 1 is 1.12 bits per heavy atom. The van der Waals surface area contributed by atoms with E-state index in [1.807, 2.05) is 0 Å². The number of nitrogens with one attached hydrogen (secondary N) is 1. The second-order valence-electron chi connectivity index (χ2n) is 5.14. The van der Waals surface area contributed by atoms with Crippen molar-refractivity contribution in [2.75, 3.05) is 6.54 Å². The number of carbonyl (C=O) groups excluding carboxylic acids is 1. The highest BCUT2D eigenvalue weighted by Gasteiger charge is 2.13. The smallest absolute Gasteiger partial charge is 0.305 e. The zero-order valence-corrected chi connectivity index (χ0v) is 13.0. The molecule has 0 aliphatic carbocycles. The van der Waals surface area contributed by atoms with Crippen LogP contribution < -0.4 is 5.32 Å². The van der Waals surface area contributed by atoms with Gasteiger partial charge in [-0.15, -0.1) is 0 Å². The topological polar surface area (TPSA) is 118 Å². The average molecular weight is 338 g/mol. The molecular formula is C17H14N4O4. The van der Waals surface area contributed by atoms with Crippen molar-refractivity contribution in [3.8, 4) is 22.8 Å². The maximum Gasteiger partial charge on any atom is 0.305 e. The van der Waals surface area contributed by atoms with Gasteiger partial charge in [-0.25, -0.2) is 0 Å². The van der Waals surface area contributed by atoms with Crippen LogP contribution in [0.1, 0.15) is 16.8 Å². The second kappa shape index (κ2) is 7.35. The van der Waals surface area contributed by atoms with E-state index in [2.05, 4.69) is 20.4 Å². The van der Waals surface area contributed by atoms with Crippen molar-refractivity contribution >= 4 is 11.9 Å². The molecule has 0 bridgehead atoms. The quantitative estimate of drug-likeness (QED) is 0.705. The molecule has 0 unspecified atom stereocenters. The van der Waals surface area contributed by atoms with Crippen LogP contribution in [0.25, 0.3) is 22.8 Å². The lowest BCUT2D eigenvalue weighted by atomic mass is 10.1. The summed E-state index contributed by atoms with van der Waals surface area (Å²) in [6, 6.07) is 10.2. The molecule has 126 valence electrons. The number of hydrogen-bond acceptors (Lipinski definition) is 6. The second-order valence-corrected chi connectivity index (χ2v) is 5.14. The summed E-state index contributed by atoms with van der Waals surface area (Å²) in [5.41, 5.74) is 1.75. The molecule has 0 atom stereocenters. The minimum absolute atomic E-state index is 0.0623. The first kappa shape index (κ1) is 16.3. The fraction of sp³-hybridized carbons (Fsp3) is 0.118. The van der Waals surface area contributed by atoms with Gasteiger partial charge in [-0.3, -0.25) is 14.6 Å². The first-order valence-corrected chi connectivity index (χ1v) is 7.48. The van der Waals surface area contributed by atoms with Gasteiger partial charge in [0.1, 0.15) is 0 Å². The normalized spacial score (nSPS) is 10.4. The molecule has 1 aromatic carbocycles. The molecule has 0 spiro atoms. The molecule has 2 N–H and O–H groups in total. The Balaban J connectivity index is 1.77. The molecule has 2 heterocycles. The van der Waals surface area contributed by atoms with E-state index in [1.165, 1.54) is 0 Å². The number of amides is 1. The van der Waals surface area contributed by atoms with Gasteiger partial charge in [0, 0.05) is 35.6 Å². The lowest BCUT2D eigenvalue weighted by Gasteiger charge is -2.04. The highest BCUT2D eigenvalue weighted by Crippen LogP contribution is 2.22. The van der Waals surface area contributed by atoms with E-state index in [1.54, 1.807) is 48.8 Å². The van der Waals surface area contributed by atoms with Crippen LogP contribution in [-0.4, -0.2) is 38.7 Å². The Morgan fingerprint density at radius 2 is 1.92 bits per heavy atom. The number of hydrogen-bond donors (Lipinski definition) is 2. The van der Waals surface area contributed by atoms with Crippen LogP contribution in [0.2, 0.25) is 0 Å². The first-order valence-electron chi connectivity index (χ1n) is 7.48. The number of rotatable bonds is 6. The van der Waals surface area contributed by atoms with Crippen LogP contribution in [0.4, 0.5) is 0 Å². The van der Waals surface area contributed by atoms with Crippen molar-refractivity contribution < 1.29 is 19.2 Å². The summed E-state index contributed by atoms with van der Waals surface area (Å²) in [6.45, 7) is 0.0623. The van der Waals surface area contributed by atoms with Gasteiger partial charge in [-0.1, -0.05) is 17.3 Å². The molecule has 0 saturated heterocycles. The maximum atomic E-state index is 12.1. The average Bonchev–Trinajstić information content (AvgIpc) is 3.12. The van der Waals surface area contributed by atoms with Crippen molar-refractivity contribution in [2.24, 2.45) is 0 Å². The predicted molar refractivity (Wildman–Crippen MR) is 87.6 cm³/mol. The summed E-state index contributed by atoms with van der Waals surface area (Å²) in [7, 11) is 0. The van der Waals surface area contributed by atoms with Crippen LogP contribution in [-0.2, 0) is 4.79 Å². The Morgan fingerprint density at radius 3 is 2.68 bits per heavy atom. The van der Waals surface area contributed by atoms with Gasteiger partial charge in [0.05, 0.1) is 6.42 Å². The van der Waals surface area contributed by atoms with E-state index in [0.29, 0.717) is 22.8 Å². The third kappa shape index (κ3) is 4.05. The highest BCUT2D eigenvalue weighted by molar-refractivity contribution is 5.95. The molecule has 0 fully saturated rings. The third-order valence-corrected chi connectivity index (χ3v) is 3.36. The lowest BCUT2D eigenvalue weighted by Crippen LogP contribution is -2.25. The molecule has 8 nitrogen and oxygen atoms in total. The van der Waals surface area contributed by atoms with Crippen LogP contribution in [0, 0.1) is 0 Å². The first-order chi connectivity index (χ1) is 12.1. The van der Waals surface area contributed by atoms with Crippen molar-refractivity contribution in [1.29, 1.82) is 0 Å². The van der Waals surface area contributed by atoms with Crippen LogP contribution in [0.15, 0.2) is 53.3 Å². The van der Waals surface area contributed by atoms with E-state index in [9.17, 15) is 9.59 Å². The zero-order valence-electron chi connectivity index (χ0n) is 13.0. The van der Waals surface area contributed by atoms with Crippen molar-refractivity contribution in [3.05, 3.63) is 54.4 Å². The Kier molecular flexibility index (Phi) is 4.79. The van der Waals surface area contributed by atoms with Gasteiger partial charge in [-0.05, 0) is 24.3 Å². The van der Waals surface area contributed by atoms with Gasteiger partial charge < -0.3 is 14.9 Å². The Hall–Kier alpha value is -3.55. The predicted octanol–water partition coefficient (Wildman–Crippen LogP) is 2.00. The summed E-state index contributed by atoms with van der Waals surface area (Å²) in [4.78, 5) is 30.8. The zero-order chi connectivity index (χ0) is 17.6. The minimum atomic E-state index is -0.968. The highest BCUT2D eigenvalue weighted by atomic mass is 16.5. The Bertz CT molecular complexity index is 892. The molecule has 1 amide bonds. The summed E-state index contributed by atoms with van der Waals surface area (Å²) in [5, 5.41) is 15.1. The maximum absolute atomic E-state index is 12.1. The standard InChI is InChI=1S/C17H14N4O4/c22-14(23)6-9-19-16(24)13-3-1-2-12(10-13)15-20-17(25-21-15)11-4-7-18-8-5-11/h1-5,7-8,10H,6,9H2,(H,19,24)(H,22,23). The number of benzene rings is 1. The summed E-state index contributed by atoms with van der Waals surface area (Å²) in [5.74, 6) is -0.619. The molecule has 0 aliphatic rings.